The third-order valence-corrected chi connectivity index (χ3v) is 19.8. The van der Waals surface area contributed by atoms with E-state index in [1.165, 1.54) is 132 Å². The Morgan fingerprint density at radius 3 is 1.02 bits per heavy atom. The van der Waals surface area contributed by atoms with Gasteiger partial charge in [0.1, 0.15) is 0 Å². The summed E-state index contributed by atoms with van der Waals surface area (Å²) in [5, 5.41) is 9.98. The van der Waals surface area contributed by atoms with Crippen molar-refractivity contribution >= 4 is 110 Å². The van der Waals surface area contributed by atoms with Gasteiger partial charge >= 0.3 is 0 Å². The van der Waals surface area contributed by atoms with E-state index in [1.807, 2.05) is 0 Å². The van der Waals surface area contributed by atoms with Crippen LogP contribution in [-0.4, -0.2) is 8.80 Å². The highest BCUT2D eigenvalue weighted by Gasteiger charge is 2.31. The van der Waals surface area contributed by atoms with Crippen molar-refractivity contribution in [3.8, 4) is 22.3 Å². The number of anilines is 6. The summed E-state index contributed by atoms with van der Waals surface area (Å²) in [6.45, 7) is 32.3. The molecule has 4 aromatic heterocycles. The quantitative estimate of drug-likeness (QED) is 0.121. The van der Waals surface area contributed by atoms with Crippen molar-refractivity contribution in [1.82, 2.24) is 8.80 Å². The zero-order valence-corrected chi connectivity index (χ0v) is 54.9. The summed E-state index contributed by atoms with van der Waals surface area (Å²) in [7, 11) is 0. The lowest BCUT2D eigenvalue weighted by Crippen LogP contribution is -2.15. The van der Waals surface area contributed by atoms with Gasteiger partial charge in [0.25, 0.3) is 0 Å². The molecule has 4 heteroatoms. The zero-order valence-electron chi connectivity index (χ0n) is 54.9. The predicted octanol–water partition coefficient (Wildman–Crippen LogP) is 25.3. The summed E-state index contributed by atoms with van der Waals surface area (Å²) < 4.78 is 5.18. The lowest BCUT2D eigenvalue weighted by atomic mass is 9.84. The molecule has 15 rings (SSSR count). The van der Waals surface area contributed by atoms with Crippen LogP contribution in [-0.2, 0) is 10.8 Å². The number of benzene rings is 11. The lowest BCUT2D eigenvalue weighted by Gasteiger charge is -2.31. The van der Waals surface area contributed by atoms with E-state index in [2.05, 4.69) is 334 Å². The topological polar surface area (TPSA) is 15.3 Å². The highest BCUT2D eigenvalue weighted by molar-refractivity contribution is 6.32. The summed E-state index contributed by atoms with van der Waals surface area (Å²) >= 11 is 0. The second-order valence-corrected chi connectivity index (χ2v) is 29.0. The van der Waals surface area contributed by atoms with E-state index in [9.17, 15) is 0 Å². The van der Waals surface area contributed by atoms with E-state index in [0.29, 0.717) is 23.7 Å². The Bertz CT molecular complexity index is 4930. The Balaban J connectivity index is 0.997. The van der Waals surface area contributed by atoms with E-state index in [-0.39, 0.29) is 10.8 Å². The molecule has 0 radical (unpaired) electrons. The zero-order chi connectivity index (χ0) is 62.4. The van der Waals surface area contributed by atoms with Crippen LogP contribution in [0.4, 0.5) is 34.1 Å². The SMILES string of the molecule is CC(C)c1ccc(N(c2ccc(C(C)(C)C)cc2-c2cccc(C(C)C)c2)c2ccc3c4cc5c(cc4n4c6ccccc6c2c34)c2ccc(N(c3ccc(C(C)C)cc3)c3ccc(C(C)(C)C)cc3-c3cccc(C(C)C)c3)c3c4ccccc4n5c23)cc1. The largest absolute Gasteiger partial charge is 0.309 e. The maximum Gasteiger partial charge on any atom is 0.0641 e. The molecule has 0 unspecified atom stereocenters. The maximum absolute atomic E-state index is 2.59. The van der Waals surface area contributed by atoms with Crippen LogP contribution in [0.15, 0.2) is 218 Å². The predicted molar refractivity (Wildman–Crippen MR) is 390 cm³/mol. The first-order chi connectivity index (χ1) is 43.2. The van der Waals surface area contributed by atoms with Crippen LogP contribution >= 0.6 is 0 Å². The average molecular weight is 1170 g/mol. The van der Waals surface area contributed by atoms with Crippen molar-refractivity contribution in [2.24, 2.45) is 0 Å². The monoisotopic (exact) mass is 1170 g/mol. The van der Waals surface area contributed by atoms with E-state index in [4.69, 9.17) is 0 Å². The number of nitrogens with zero attached hydrogens (tertiary/aromatic N) is 4. The molecule has 4 heterocycles. The molecule has 0 amide bonds. The first-order valence-corrected chi connectivity index (χ1v) is 32.8. The van der Waals surface area contributed by atoms with Gasteiger partial charge in [0.2, 0.25) is 0 Å². The Morgan fingerprint density at radius 1 is 0.289 bits per heavy atom. The van der Waals surface area contributed by atoms with Gasteiger partial charge in [0.05, 0.1) is 55.8 Å². The van der Waals surface area contributed by atoms with Crippen LogP contribution in [0.2, 0.25) is 0 Å². The molecule has 15 aromatic rings. The van der Waals surface area contributed by atoms with Gasteiger partial charge in [-0.05, 0) is 164 Å². The highest BCUT2D eigenvalue weighted by atomic mass is 15.2. The van der Waals surface area contributed by atoms with Gasteiger partial charge in [-0.3, -0.25) is 0 Å². The Morgan fingerprint density at radius 2 is 0.656 bits per heavy atom. The molecule has 0 atom stereocenters. The molecule has 0 N–H and O–H groups in total. The fourth-order valence-electron chi connectivity index (χ4n) is 14.7. The van der Waals surface area contributed by atoms with Crippen LogP contribution in [0.3, 0.4) is 0 Å². The molecule has 11 aromatic carbocycles. The molecular weight excluding hydrogens is 1090 g/mol. The van der Waals surface area contributed by atoms with Crippen LogP contribution < -0.4 is 9.80 Å². The lowest BCUT2D eigenvalue weighted by molar-refractivity contribution is 0.590. The molecule has 0 spiro atoms. The molecule has 446 valence electrons. The fourth-order valence-corrected chi connectivity index (χ4v) is 14.7. The van der Waals surface area contributed by atoms with Gasteiger partial charge in [0, 0.05) is 65.6 Å². The number of rotatable bonds is 12. The smallest absolute Gasteiger partial charge is 0.0641 e. The number of fused-ring (bicyclic) bond motifs is 12. The van der Waals surface area contributed by atoms with Gasteiger partial charge in [-0.25, -0.2) is 0 Å². The summed E-state index contributed by atoms with van der Waals surface area (Å²) in [6.07, 6.45) is 0. The van der Waals surface area contributed by atoms with E-state index in [1.54, 1.807) is 0 Å². The average Bonchev–Trinajstić information content (AvgIpc) is 1.52. The molecule has 0 aliphatic heterocycles. The van der Waals surface area contributed by atoms with Gasteiger partial charge in [-0.2, -0.15) is 0 Å². The molecule has 90 heavy (non-hydrogen) atoms. The molecule has 4 nitrogen and oxygen atoms in total. The first-order valence-electron chi connectivity index (χ1n) is 32.8. The Kier molecular flexibility index (Phi) is 13.4. The molecule has 0 saturated heterocycles. The van der Waals surface area contributed by atoms with Crippen LogP contribution in [0, 0.1) is 0 Å². The van der Waals surface area contributed by atoms with Crippen molar-refractivity contribution in [3.63, 3.8) is 0 Å². The van der Waals surface area contributed by atoms with E-state index >= 15 is 0 Å². The molecule has 0 aliphatic carbocycles. The molecule has 0 fully saturated rings. The van der Waals surface area contributed by atoms with Gasteiger partial charge < -0.3 is 18.6 Å². The van der Waals surface area contributed by atoms with E-state index < -0.39 is 0 Å². The minimum Gasteiger partial charge on any atom is -0.309 e. The molecular formula is C86H82N4. The Hall–Kier alpha value is -9.38. The third-order valence-electron chi connectivity index (χ3n) is 19.8. The van der Waals surface area contributed by atoms with Crippen LogP contribution in [0.25, 0.3) is 98.4 Å². The fraction of sp³-hybridized carbons (Fsp3) is 0.233. The first kappa shape index (κ1) is 57.1. The standard InChI is InChI=1S/C86H82N4/c1-51(2)55-29-35-63(36-30-55)87(75-41-33-61(85(9,10)11)47-69(75)59-23-19-21-57(45-59)53(5)6)77-43-39-65-71-49-80-72(50-79(71)89-73-27-17-15-25-67(73)81(77)83(65)89)66-40-44-78(82-68-26-16-18-28-74(68)90(80)84(66)82)88(64-37-31-56(32-38-64)52(3)4)76-42-34-62(86(12,13)14)48-70(76)60-24-20-22-58(46-60)54(7)8/h15-54H,1-14H3. The number of hydrogen-bond acceptors (Lipinski definition) is 2. The number of aromatic nitrogens is 2. The third kappa shape index (κ3) is 9.06. The summed E-state index contributed by atoms with van der Waals surface area (Å²) in [5.41, 5.74) is 27.0. The van der Waals surface area contributed by atoms with Gasteiger partial charge in [-0.1, -0.05) is 230 Å². The van der Waals surface area contributed by atoms with E-state index in [0.717, 1.165) is 34.1 Å². The van der Waals surface area contributed by atoms with Crippen molar-refractivity contribution in [1.29, 1.82) is 0 Å². The summed E-state index contributed by atoms with van der Waals surface area (Å²) in [5.74, 6) is 1.61. The Labute approximate surface area is 531 Å². The summed E-state index contributed by atoms with van der Waals surface area (Å²) in [4.78, 5) is 5.13. The summed E-state index contributed by atoms with van der Waals surface area (Å²) in [6, 6.07) is 84.6. The molecule has 0 bridgehead atoms. The van der Waals surface area contributed by atoms with Crippen LogP contribution in [0.5, 0.6) is 0 Å². The normalized spacial score (nSPS) is 12.7. The van der Waals surface area contributed by atoms with Gasteiger partial charge in [0.15, 0.2) is 0 Å². The van der Waals surface area contributed by atoms with Crippen LogP contribution in [0.1, 0.15) is 154 Å². The number of hydrogen-bond donors (Lipinski definition) is 0. The minimum absolute atomic E-state index is 0.0502. The highest BCUT2D eigenvalue weighted by Crippen LogP contribution is 2.54. The molecule has 0 saturated carbocycles. The second-order valence-electron chi connectivity index (χ2n) is 29.0. The molecule has 0 aliphatic rings. The van der Waals surface area contributed by atoms with Crippen molar-refractivity contribution in [2.75, 3.05) is 9.80 Å². The number of para-hydroxylation sites is 2. The van der Waals surface area contributed by atoms with Crippen molar-refractivity contribution < 1.29 is 0 Å². The second kappa shape index (κ2) is 21.1. The minimum atomic E-state index is -0.0502. The van der Waals surface area contributed by atoms with Gasteiger partial charge in [-0.15, -0.1) is 0 Å². The van der Waals surface area contributed by atoms with Crippen molar-refractivity contribution in [2.45, 2.75) is 131 Å². The maximum atomic E-state index is 2.59. The van der Waals surface area contributed by atoms with Crippen molar-refractivity contribution in [3.05, 3.63) is 252 Å².